The molecule has 1 heterocycles. The summed E-state index contributed by atoms with van der Waals surface area (Å²) < 4.78 is 5.40. The van der Waals surface area contributed by atoms with E-state index >= 15 is 0 Å². The van der Waals surface area contributed by atoms with Crippen molar-refractivity contribution in [2.24, 2.45) is 17.6 Å². The van der Waals surface area contributed by atoms with E-state index in [1.807, 2.05) is 25.7 Å². The number of rotatable bonds is 3. The number of likely N-dealkylation sites (tertiary alicyclic amines) is 1. The number of ether oxygens (including phenoxy) is 1. The summed E-state index contributed by atoms with van der Waals surface area (Å²) in [6.07, 6.45) is 5.74. The maximum Gasteiger partial charge on any atom is 0.410 e. The van der Waals surface area contributed by atoms with Gasteiger partial charge in [-0.05, 0) is 64.7 Å². The van der Waals surface area contributed by atoms with Crippen LogP contribution < -0.4 is 5.73 Å². The molecule has 1 saturated heterocycles. The fourth-order valence-electron chi connectivity index (χ4n) is 2.78. The number of carbonyl (C=O) groups is 1. The fourth-order valence-corrected chi connectivity index (χ4v) is 2.78. The molecule has 1 saturated carbocycles. The van der Waals surface area contributed by atoms with Crippen molar-refractivity contribution in [3.05, 3.63) is 0 Å². The maximum atomic E-state index is 11.9. The zero-order valence-corrected chi connectivity index (χ0v) is 12.5. The highest BCUT2D eigenvalue weighted by Crippen LogP contribution is 2.35. The molecule has 110 valence electrons. The summed E-state index contributed by atoms with van der Waals surface area (Å²) in [6.45, 7) is 7.36. The number of hydrogen-bond donors (Lipinski definition) is 1. The van der Waals surface area contributed by atoms with E-state index in [4.69, 9.17) is 10.5 Å². The smallest absolute Gasteiger partial charge is 0.410 e. The third kappa shape index (κ3) is 4.68. The van der Waals surface area contributed by atoms with Gasteiger partial charge in [0.25, 0.3) is 0 Å². The molecule has 0 aromatic carbocycles. The van der Waals surface area contributed by atoms with Crippen LogP contribution >= 0.6 is 0 Å². The number of carbonyl (C=O) groups excluding carboxylic acids is 1. The van der Waals surface area contributed by atoms with E-state index in [9.17, 15) is 4.79 Å². The second-order valence-corrected chi connectivity index (χ2v) is 7.15. The predicted molar refractivity (Wildman–Crippen MR) is 75.8 cm³/mol. The highest BCUT2D eigenvalue weighted by Gasteiger charge is 2.32. The Hall–Kier alpha value is -0.770. The summed E-state index contributed by atoms with van der Waals surface area (Å²) in [6, 6.07) is 0.387. The van der Waals surface area contributed by atoms with Crippen LogP contribution in [0.15, 0.2) is 0 Å². The Morgan fingerprint density at radius 1 is 1.26 bits per heavy atom. The van der Waals surface area contributed by atoms with Crippen molar-refractivity contribution < 1.29 is 9.53 Å². The van der Waals surface area contributed by atoms with Crippen molar-refractivity contribution in [2.75, 3.05) is 13.1 Å². The lowest BCUT2D eigenvalue weighted by Crippen LogP contribution is -2.42. The Kier molecular flexibility index (Phi) is 4.39. The third-order valence-electron chi connectivity index (χ3n) is 4.10. The first-order chi connectivity index (χ1) is 8.85. The molecule has 0 spiro atoms. The van der Waals surface area contributed by atoms with Crippen LogP contribution in [-0.4, -0.2) is 35.7 Å². The average Bonchev–Trinajstić information content (AvgIpc) is 3.11. The van der Waals surface area contributed by atoms with Gasteiger partial charge < -0.3 is 15.4 Å². The minimum Gasteiger partial charge on any atom is -0.444 e. The molecule has 0 radical (unpaired) electrons. The Labute approximate surface area is 116 Å². The first-order valence-electron chi connectivity index (χ1n) is 7.58. The minimum atomic E-state index is -0.401. The van der Waals surface area contributed by atoms with Crippen molar-refractivity contribution in [3.63, 3.8) is 0 Å². The van der Waals surface area contributed by atoms with Gasteiger partial charge >= 0.3 is 6.09 Å². The second kappa shape index (κ2) is 5.70. The van der Waals surface area contributed by atoms with E-state index in [1.54, 1.807) is 0 Å². The Bertz CT molecular complexity index is 313. The van der Waals surface area contributed by atoms with Gasteiger partial charge in [0.15, 0.2) is 0 Å². The average molecular weight is 268 g/mol. The lowest BCUT2D eigenvalue weighted by molar-refractivity contribution is 0.0178. The van der Waals surface area contributed by atoms with Gasteiger partial charge in [-0.3, -0.25) is 0 Å². The number of nitrogens with two attached hydrogens (primary N) is 1. The molecule has 0 aromatic heterocycles. The maximum absolute atomic E-state index is 11.9. The third-order valence-corrected chi connectivity index (χ3v) is 4.10. The fraction of sp³-hybridized carbons (Fsp3) is 0.933. The predicted octanol–water partition coefficient (Wildman–Crippen LogP) is 2.76. The molecule has 1 atom stereocenters. The highest BCUT2D eigenvalue weighted by molar-refractivity contribution is 5.68. The molecule has 2 N–H and O–H groups in total. The molecular formula is C15H28N2O2. The molecule has 0 unspecified atom stereocenters. The first-order valence-corrected chi connectivity index (χ1v) is 7.58. The number of hydrogen-bond acceptors (Lipinski definition) is 3. The van der Waals surface area contributed by atoms with Crippen molar-refractivity contribution in [1.29, 1.82) is 0 Å². The highest BCUT2D eigenvalue weighted by atomic mass is 16.6. The molecule has 0 aromatic rings. The van der Waals surface area contributed by atoms with E-state index in [2.05, 4.69) is 0 Å². The van der Waals surface area contributed by atoms with Crippen molar-refractivity contribution in [3.8, 4) is 0 Å². The molecular weight excluding hydrogens is 240 g/mol. The van der Waals surface area contributed by atoms with Crippen LogP contribution in [0.2, 0.25) is 0 Å². The summed E-state index contributed by atoms with van der Waals surface area (Å²) in [5, 5.41) is 0. The molecule has 4 nitrogen and oxygen atoms in total. The first kappa shape index (κ1) is 14.6. The summed E-state index contributed by atoms with van der Waals surface area (Å²) in [5.41, 5.74) is 5.78. The van der Waals surface area contributed by atoms with Gasteiger partial charge in [-0.25, -0.2) is 4.79 Å². The van der Waals surface area contributed by atoms with E-state index in [0.717, 1.165) is 38.3 Å². The zero-order chi connectivity index (χ0) is 14.0. The van der Waals surface area contributed by atoms with Crippen molar-refractivity contribution >= 4 is 6.09 Å². The summed E-state index contributed by atoms with van der Waals surface area (Å²) >= 11 is 0. The number of amides is 1. The van der Waals surface area contributed by atoms with E-state index in [1.165, 1.54) is 12.8 Å². The number of nitrogens with zero attached hydrogens (tertiary/aromatic N) is 1. The second-order valence-electron chi connectivity index (χ2n) is 7.15. The normalized spacial score (nSPS) is 23.3. The van der Waals surface area contributed by atoms with E-state index in [-0.39, 0.29) is 6.09 Å². The van der Waals surface area contributed by atoms with Crippen molar-refractivity contribution in [1.82, 2.24) is 4.90 Å². The van der Waals surface area contributed by atoms with Gasteiger partial charge in [-0.15, -0.1) is 0 Å². The lowest BCUT2D eigenvalue weighted by atomic mass is 9.89. The zero-order valence-electron chi connectivity index (χ0n) is 12.5. The standard InChI is InChI=1S/C15H28N2O2/c1-15(2,3)19-14(18)17-8-6-11(7-9-17)10-13(16)12-4-5-12/h11-13H,4-10,16H2,1-3H3/t13-/m0/s1. The molecule has 1 amide bonds. The van der Waals surface area contributed by atoms with Gasteiger partial charge in [0.05, 0.1) is 0 Å². The molecule has 2 rings (SSSR count). The van der Waals surface area contributed by atoms with Gasteiger partial charge in [0, 0.05) is 19.1 Å². The molecule has 1 aliphatic heterocycles. The van der Waals surface area contributed by atoms with E-state index in [0.29, 0.717) is 12.0 Å². The Morgan fingerprint density at radius 2 is 1.84 bits per heavy atom. The van der Waals surface area contributed by atoms with Crippen LogP contribution in [0.1, 0.15) is 52.9 Å². The van der Waals surface area contributed by atoms with Crippen LogP contribution in [0.25, 0.3) is 0 Å². The topological polar surface area (TPSA) is 55.6 Å². The van der Waals surface area contributed by atoms with Gasteiger partial charge in [0.1, 0.15) is 5.60 Å². The quantitative estimate of drug-likeness (QED) is 0.856. The Balaban J connectivity index is 1.71. The molecule has 0 bridgehead atoms. The molecule has 2 fully saturated rings. The van der Waals surface area contributed by atoms with Crippen LogP contribution in [0.3, 0.4) is 0 Å². The number of piperidine rings is 1. The largest absolute Gasteiger partial charge is 0.444 e. The Morgan fingerprint density at radius 3 is 2.32 bits per heavy atom. The van der Waals surface area contributed by atoms with Crippen molar-refractivity contribution in [2.45, 2.75) is 64.5 Å². The monoisotopic (exact) mass is 268 g/mol. The van der Waals surface area contributed by atoms with E-state index < -0.39 is 5.60 Å². The van der Waals surface area contributed by atoms with Crippen LogP contribution in [0, 0.1) is 11.8 Å². The lowest BCUT2D eigenvalue weighted by Gasteiger charge is -2.34. The van der Waals surface area contributed by atoms with Crippen LogP contribution in [0.5, 0.6) is 0 Å². The van der Waals surface area contributed by atoms with Crippen LogP contribution in [0.4, 0.5) is 4.79 Å². The minimum absolute atomic E-state index is 0.169. The summed E-state index contributed by atoms with van der Waals surface area (Å²) in [4.78, 5) is 13.8. The summed E-state index contributed by atoms with van der Waals surface area (Å²) in [7, 11) is 0. The SMILES string of the molecule is CC(C)(C)OC(=O)N1CCC(C[C@H](N)C2CC2)CC1. The summed E-state index contributed by atoms with van der Waals surface area (Å²) in [5.74, 6) is 1.47. The van der Waals surface area contributed by atoms with Crippen LogP contribution in [-0.2, 0) is 4.74 Å². The molecule has 4 heteroatoms. The van der Waals surface area contributed by atoms with Gasteiger partial charge in [-0.2, -0.15) is 0 Å². The molecule has 19 heavy (non-hydrogen) atoms. The van der Waals surface area contributed by atoms with Gasteiger partial charge in [-0.1, -0.05) is 0 Å². The molecule has 1 aliphatic carbocycles. The molecule has 2 aliphatic rings. The van der Waals surface area contributed by atoms with Gasteiger partial charge in [0.2, 0.25) is 0 Å².